The van der Waals surface area contributed by atoms with Gasteiger partial charge in [-0.3, -0.25) is 9.59 Å². The van der Waals surface area contributed by atoms with Gasteiger partial charge in [0.05, 0.1) is 51.8 Å². The normalized spacial score (nSPS) is 24.2. The number of hydrogen-bond acceptors (Lipinski definition) is 19. The summed E-state index contributed by atoms with van der Waals surface area (Å²) in [4.78, 5) is 49.5. The molecular formula is C61H77N13O7S. The minimum atomic E-state index is -0.836. The van der Waals surface area contributed by atoms with Crippen molar-refractivity contribution in [3.8, 4) is 33.3 Å². The van der Waals surface area contributed by atoms with Crippen LogP contribution in [0.2, 0.25) is 0 Å². The van der Waals surface area contributed by atoms with Crippen LogP contribution in [0.25, 0.3) is 21.7 Å². The maximum atomic E-state index is 14.4. The monoisotopic (exact) mass is 1140 g/mol. The lowest BCUT2D eigenvalue weighted by atomic mass is 9.91. The maximum Gasteiger partial charge on any atom is 0.243 e. The van der Waals surface area contributed by atoms with Gasteiger partial charge in [0.15, 0.2) is 17.4 Å². The Hall–Kier alpha value is -7.07. The molecule has 4 aromatic heterocycles. The van der Waals surface area contributed by atoms with Crippen molar-refractivity contribution in [3.63, 3.8) is 0 Å². The number of anilines is 5. The van der Waals surface area contributed by atoms with Crippen molar-refractivity contribution >= 4 is 51.8 Å². The lowest BCUT2D eigenvalue weighted by Gasteiger charge is -2.43. The molecule has 2 unspecified atom stereocenters. The fourth-order valence-electron chi connectivity index (χ4n) is 13.5. The molecule has 6 aromatic rings. The Morgan fingerprint density at radius 2 is 1.60 bits per heavy atom. The number of phenols is 1. The largest absolute Gasteiger partial charge is 0.507 e. The first-order valence-corrected chi connectivity index (χ1v) is 30.3. The summed E-state index contributed by atoms with van der Waals surface area (Å²) in [6.45, 7) is 14.3. The number of rotatable bonds is 17. The van der Waals surface area contributed by atoms with Gasteiger partial charge in [-0.15, -0.1) is 21.5 Å². The van der Waals surface area contributed by atoms with Crippen LogP contribution in [0.5, 0.6) is 11.6 Å². The van der Waals surface area contributed by atoms with Gasteiger partial charge in [0, 0.05) is 125 Å². The van der Waals surface area contributed by atoms with Crippen LogP contribution in [0, 0.1) is 18.8 Å². The highest BCUT2D eigenvalue weighted by Crippen LogP contribution is 2.42. The number of hydrogen-bond donors (Lipinski definition) is 5. The third-order valence-corrected chi connectivity index (χ3v) is 19.0. The molecule has 7 N–H and O–H groups in total. The molecule has 2 aromatic carbocycles. The number of aromatic nitrogens is 5. The fraction of sp³-hybridized carbons (Fsp3) is 0.525. The Kier molecular flexibility index (Phi) is 16.0. The number of carbonyl (C=O) groups is 2. The highest BCUT2D eigenvalue weighted by Gasteiger charge is 2.45. The molecule has 82 heavy (non-hydrogen) atoms. The van der Waals surface area contributed by atoms with Crippen LogP contribution >= 0.6 is 11.3 Å². The number of nitrogens with two attached hydrogens (primary N) is 2. The Labute approximate surface area is 483 Å². The van der Waals surface area contributed by atoms with Crippen molar-refractivity contribution in [2.75, 3.05) is 78.5 Å². The average Bonchev–Trinajstić information content (AvgIpc) is 4.29. The number of nitrogens with zero attached hydrogens (tertiary/aromatic N) is 10. The lowest BCUT2D eigenvalue weighted by Crippen LogP contribution is -2.54. The number of para-hydroxylation sites is 1. The molecule has 6 fully saturated rings. The predicted octanol–water partition coefficient (Wildman–Crippen LogP) is 7.57. The molecule has 5 aliphatic heterocycles. The van der Waals surface area contributed by atoms with Crippen molar-refractivity contribution in [1.82, 2.24) is 40.4 Å². The Morgan fingerprint density at radius 3 is 2.32 bits per heavy atom. The number of pyridine rings is 1. The second kappa shape index (κ2) is 23.7. The molecule has 2 bridgehead atoms. The molecule has 0 radical (unpaired) electrons. The summed E-state index contributed by atoms with van der Waals surface area (Å²) in [5, 5.41) is 37.4. The smallest absolute Gasteiger partial charge is 0.243 e. The zero-order valence-corrected chi connectivity index (χ0v) is 48.2. The van der Waals surface area contributed by atoms with Crippen LogP contribution in [0.4, 0.5) is 28.7 Å². The molecule has 1 aliphatic carbocycles. The van der Waals surface area contributed by atoms with Crippen LogP contribution in [0.1, 0.15) is 108 Å². The molecule has 6 aliphatic rings. The number of ether oxygens (including phenoxy) is 2. The van der Waals surface area contributed by atoms with E-state index in [1.807, 2.05) is 76.4 Å². The summed E-state index contributed by atoms with van der Waals surface area (Å²) in [6, 6.07) is 20.3. The predicted molar refractivity (Wildman–Crippen MR) is 316 cm³/mol. The van der Waals surface area contributed by atoms with E-state index in [2.05, 4.69) is 62.4 Å². The summed E-state index contributed by atoms with van der Waals surface area (Å²) in [5.41, 5.74) is 21.2. The van der Waals surface area contributed by atoms with Gasteiger partial charge in [-0.05, 0) is 100 Å². The van der Waals surface area contributed by atoms with E-state index in [0.29, 0.717) is 52.4 Å². The number of likely N-dealkylation sites (tertiary alicyclic amines) is 2. The summed E-state index contributed by atoms with van der Waals surface area (Å²) < 4.78 is 19.1. The number of aromatic hydroxyl groups is 1. The first-order valence-electron chi connectivity index (χ1n) is 29.4. The summed E-state index contributed by atoms with van der Waals surface area (Å²) in [5.74, 6) is 1.59. The van der Waals surface area contributed by atoms with E-state index in [9.17, 15) is 19.8 Å². The number of aryl methyl sites for hydroxylation is 1. The number of nitrogen functional groups attached to an aromatic ring is 2. The lowest BCUT2D eigenvalue weighted by molar-refractivity contribution is -0.141. The van der Waals surface area contributed by atoms with Gasteiger partial charge in [-0.25, -0.2) is 9.97 Å². The van der Waals surface area contributed by atoms with E-state index < -0.39 is 18.1 Å². The van der Waals surface area contributed by atoms with E-state index in [1.54, 1.807) is 17.6 Å². The van der Waals surface area contributed by atoms with Gasteiger partial charge in [0.1, 0.15) is 23.8 Å². The molecule has 6 atom stereocenters. The zero-order valence-electron chi connectivity index (χ0n) is 47.3. The number of piperidine rings is 2. The molecule has 20 nitrogen and oxygen atoms in total. The molecule has 2 amide bonds. The van der Waals surface area contributed by atoms with Crippen LogP contribution in [-0.4, -0.2) is 152 Å². The number of aliphatic hydroxyl groups is 1. The van der Waals surface area contributed by atoms with Crippen molar-refractivity contribution < 1.29 is 33.8 Å². The Bertz CT molecular complexity index is 3210. The fourth-order valence-corrected chi connectivity index (χ4v) is 14.4. The minimum Gasteiger partial charge on any atom is -0.507 e. The number of benzene rings is 2. The molecule has 1 saturated carbocycles. The maximum absolute atomic E-state index is 14.4. The molecule has 21 heteroatoms. The van der Waals surface area contributed by atoms with Gasteiger partial charge in [-0.1, -0.05) is 43.3 Å². The molecule has 12 rings (SSSR count). The first kappa shape index (κ1) is 55.5. The summed E-state index contributed by atoms with van der Waals surface area (Å²) in [7, 11) is 0. The number of carbonyl (C=O) groups excluding carboxylic acids is 2. The number of aliphatic hydroxyl groups excluding tert-OH is 1. The minimum absolute atomic E-state index is 0.0636. The molecule has 9 heterocycles. The van der Waals surface area contributed by atoms with E-state index in [-0.39, 0.29) is 60.8 Å². The van der Waals surface area contributed by atoms with Gasteiger partial charge in [0.2, 0.25) is 17.7 Å². The average molecular weight is 1140 g/mol. The van der Waals surface area contributed by atoms with Gasteiger partial charge >= 0.3 is 0 Å². The Morgan fingerprint density at radius 1 is 0.829 bits per heavy atom. The highest BCUT2D eigenvalue weighted by atomic mass is 32.1. The topological polar surface area (TPSA) is 251 Å². The highest BCUT2D eigenvalue weighted by molar-refractivity contribution is 7.13. The molecular weight excluding hydrogens is 1060 g/mol. The SMILES string of the molecule is Cc1ncsc1-c1ccc([C@H](C)NC(=O)[C@@H]2C[C@@H](O)CN2C(=O)[C@@H](c2cc(N3CCC(CN4CCC(O[C@H]5C[C@H](Oc6cc(N7C8CCC7CN(c7cc(-c9ccccc9O)nnc7N)C8)ccn6)C5)CC4)CC3)no2)C(C)C)cc1N. The van der Waals surface area contributed by atoms with Crippen LogP contribution < -0.4 is 36.2 Å². The van der Waals surface area contributed by atoms with Crippen LogP contribution in [0.3, 0.4) is 0 Å². The van der Waals surface area contributed by atoms with Gasteiger partial charge in [0.25, 0.3) is 0 Å². The zero-order chi connectivity index (χ0) is 56.8. The third-order valence-electron chi connectivity index (χ3n) is 18.1. The van der Waals surface area contributed by atoms with Crippen molar-refractivity contribution in [1.29, 1.82) is 0 Å². The number of piperazine rings is 1. The van der Waals surface area contributed by atoms with Crippen molar-refractivity contribution in [3.05, 3.63) is 95.5 Å². The van der Waals surface area contributed by atoms with Gasteiger partial charge in [-0.2, -0.15) is 0 Å². The standard InChI is InChI=1S/C61H77N13O7S/c1-35(2)57(61(78)73-33-43(75)25-52(73)60(77)66-36(3)39-9-12-47(49(62)23-39)58-37(4)65-34-82-58)54-29-55(69-81-54)71-21-14-38(15-22-71)30-70-19-16-44(17-20-70)79-45-26-46(27-45)80-56-24-40(13-18-64-56)74-41-10-11-42(74)32-72(31-41)51-28-50(67-68-59(51)63)48-7-5-6-8-53(48)76/h5-9,12-13,18,23-24,28-29,34-36,38,41-46,52,57,75-76H,10-11,14-17,19-22,25-27,30-33,62H2,1-4H3,(H2,63,68)(H,66,77)/t36-,41?,42?,43+,45-,46-,52-,57+/m0/s1. The van der Waals surface area contributed by atoms with Crippen molar-refractivity contribution in [2.24, 2.45) is 11.8 Å². The number of thiazole rings is 1. The first-order chi connectivity index (χ1) is 39.7. The quantitative estimate of drug-likeness (QED) is 0.0552. The van der Waals surface area contributed by atoms with E-state index >= 15 is 0 Å². The number of nitrogens with one attached hydrogen (secondary N) is 1. The number of phenolic OH excluding ortho intramolecular Hbond substituents is 1. The molecule has 434 valence electrons. The van der Waals surface area contributed by atoms with E-state index in [4.69, 9.17) is 25.5 Å². The number of fused-ring (bicyclic) bond motifs is 2. The Balaban J connectivity index is 0.566. The van der Waals surface area contributed by atoms with Crippen LogP contribution in [-0.2, 0) is 14.3 Å². The van der Waals surface area contributed by atoms with Crippen LogP contribution in [0.15, 0.2) is 83.0 Å². The van der Waals surface area contributed by atoms with Gasteiger partial charge < -0.3 is 65.5 Å². The number of β-amino-alcohol motifs (C(OH)–C–C–N with tert-alkyl or cyclic N) is 1. The molecule has 5 saturated heterocycles. The second-order valence-electron chi connectivity index (χ2n) is 24.0. The summed E-state index contributed by atoms with van der Waals surface area (Å²) >= 11 is 1.53. The van der Waals surface area contributed by atoms with Crippen molar-refractivity contribution in [2.45, 2.75) is 140 Å². The second-order valence-corrected chi connectivity index (χ2v) is 24.9. The number of amides is 2. The molecule has 0 spiro atoms. The summed E-state index contributed by atoms with van der Waals surface area (Å²) in [6.07, 6.45) is 9.74. The van der Waals surface area contributed by atoms with E-state index in [1.165, 1.54) is 16.2 Å². The third kappa shape index (κ3) is 11.7. The van der Waals surface area contributed by atoms with E-state index in [0.717, 1.165) is 136 Å².